The molecule has 0 spiro atoms. The molecule has 80 valence electrons. The van der Waals surface area contributed by atoms with E-state index in [1.54, 1.807) is 0 Å². The predicted molar refractivity (Wildman–Crippen MR) is 52.4 cm³/mol. The zero-order valence-corrected chi connectivity index (χ0v) is 8.38. The van der Waals surface area contributed by atoms with Crippen molar-refractivity contribution in [3.05, 3.63) is 0 Å². The second-order valence-corrected chi connectivity index (χ2v) is 3.69. The molecule has 0 aromatic heterocycles. The molecule has 1 rings (SSSR count). The summed E-state index contributed by atoms with van der Waals surface area (Å²) in [4.78, 5) is 22.3. The van der Waals surface area contributed by atoms with Crippen LogP contribution in [0.15, 0.2) is 0 Å². The first-order valence-electron chi connectivity index (χ1n) is 4.90. The summed E-state index contributed by atoms with van der Waals surface area (Å²) in [5.41, 5.74) is 5.35. The molecule has 0 aromatic carbocycles. The number of carbonyl (C=O) groups is 2. The van der Waals surface area contributed by atoms with Crippen LogP contribution in [0.1, 0.15) is 19.8 Å². The highest BCUT2D eigenvalue weighted by molar-refractivity contribution is 5.82. The van der Waals surface area contributed by atoms with E-state index in [-0.39, 0.29) is 23.8 Å². The Labute approximate surface area is 83.4 Å². The largest absolute Gasteiger partial charge is 0.354 e. The second kappa shape index (κ2) is 4.95. The highest BCUT2D eigenvalue weighted by Gasteiger charge is 2.24. The monoisotopic (exact) mass is 199 g/mol. The fraction of sp³-hybridized carbons (Fsp3) is 0.778. The first-order valence-corrected chi connectivity index (χ1v) is 4.90. The summed E-state index contributed by atoms with van der Waals surface area (Å²) < 4.78 is 0. The molecule has 14 heavy (non-hydrogen) atoms. The van der Waals surface area contributed by atoms with Gasteiger partial charge in [-0.25, -0.2) is 0 Å². The minimum absolute atomic E-state index is 0.00165. The fourth-order valence-electron chi connectivity index (χ4n) is 1.43. The number of hydrogen-bond acceptors (Lipinski definition) is 3. The molecule has 0 radical (unpaired) electrons. The van der Waals surface area contributed by atoms with E-state index in [9.17, 15) is 9.59 Å². The Morgan fingerprint density at radius 3 is 3.00 bits per heavy atom. The van der Waals surface area contributed by atoms with Crippen molar-refractivity contribution in [2.24, 2.45) is 11.7 Å². The van der Waals surface area contributed by atoms with Gasteiger partial charge in [-0.05, 0) is 13.0 Å². The Morgan fingerprint density at radius 2 is 2.50 bits per heavy atom. The van der Waals surface area contributed by atoms with Gasteiger partial charge in [0.15, 0.2) is 0 Å². The molecular formula is C9H17N3O2. The molecule has 2 amide bonds. The van der Waals surface area contributed by atoms with Gasteiger partial charge in [-0.3, -0.25) is 9.59 Å². The molecule has 0 aliphatic carbocycles. The van der Waals surface area contributed by atoms with E-state index in [1.165, 1.54) is 0 Å². The third-order valence-electron chi connectivity index (χ3n) is 2.37. The molecule has 1 aliphatic rings. The van der Waals surface area contributed by atoms with Crippen molar-refractivity contribution in [3.63, 3.8) is 0 Å². The van der Waals surface area contributed by atoms with Crippen LogP contribution in [0.5, 0.6) is 0 Å². The molecule has 0 aromatic rings. The van der Waals surface area contributed by atoms with Gasteiger partial charge in [-0.15, -0.1) is 0 Å². The van der Waals surface area contributed by atoms with Crippen LogP contribution >= 0.6 is 0 Å². The van der Waals surface area contributed by atoms with Gasteiger partial charge in [-0.1, -0.05) is 6.92 Å². The minimum atomic E-state index is -0.0734. The minimum Gasteiger partial charge on any atom is -0.354 e. The van der Waals surface area contributed by atoms with Crippen molar-refractivity contribution in [1.29, 1.82) is 0 Å². The van der Waals surface area contributed by atoms with E-state index in [1.807, 2.05) is 6.92 Å². The molecule has 5 nitrogen and oxygen atoms in total. The maximum atomic E-state index is 11.5. The van der Waals surface area contributed by atoms with Crippen LogP contribution in [0, 0.1) is 5.92 Å². The molecule has 0 saturated carbocycles. The Hall–Kier alpha value is -1.10. The lowest BCUT2D eigenvalue weighted by Crippen LogP contribution is -2.39. The molecule has 1 saturated heterocycles. The van der Waals surface area contributed by atoms with Crippen LogP contribution in [0.25, 0.3) is 0 Å². The zero-order chi connectivity index (χ0) is 10.6. The molecule has 2 atom stereocenters. The molecule has 5 heteroatoms. The Bertz CT molecular complexity index is 230. The first-order chi connectivity index (χ1) is 6.63. The van der Waals surface area contributed by atoms with E-state index < -0.39 is 0 Å². The van der Waals surface area contributed by atoms with Gasteiger partial charge in [-0.2, -0.15) is 0 Å². The number of hydrogen-bond donors (Lipinski definition) is 3. The normalized spacial score (nSPS) is 23.0. The summed E-state index contributed by atoms with van der Waals surface area (Å²) >= 11 is 0. The molecule has 1 aliphatic heterocycles. The zero-order valence-electron chi connectivity index (χ0n) is 8.38. The second-order valence-electron chi connectivity index (χ2n) is 3.69. The number of nitrogens with one attached hydrogen (secondary N) is 2. The smallest absolute Gasteiger partial charge is 0.223 e. The SMILES string of the molecule is CC(CCN)C(=O)NC1CNC(=O)C1. The standard InChI is InChI=1S/C9H17N3O2/c1-6(2-3-10)9(14)12-7-4-8(13)11-5-7/h6-7H,2-5,10H2,1H3,(H,11,13)(H,12,14). The quantitative estimate of drug-likeness (QED) is 0.541. The Kier molecular flexibility index (Phi) is 3.88. The van der Waals surface area contributed by atoms with Crippen LogP contribution in [0.4, 0.5) is 0 Å². The van der Waals surface area contributed by atoms with Gasteiger partial charge in [0.05, 0.1) is 6.04 Å². The summed E-state index contributed by atoms with van der Waals surface area (Å²) in [6.07, 6.45) is 1.07. The molecule has 1 fully saturated rings. The summed E-state index contributed by atoms with van der Waals surface area (Å²) in [6.45, 7) is 2.89. The Balaban J connectivity index is 2.29. The highest BCUT2D eigenvalue weighted by Crippen LogP contribution is 2.04. The molecule has 4 N–H and O–H groups in total. The van der Waals surface area contributed by atoms with Crippen LogP contribution in [0.2, 0.25) is 0 Å². The van der Waals surface area contributed by atoms with E-state index in [0.29, 0.717) is 25.9 Å². The third kappa shape index (κ3) is 2.99. The van der Waals surface area contributed by atoms with Crippen molar-refractivity contribution in [1.82, 2.24) is 10.6 Å². The number of carbonyl (C=O) groups excluding carboxylic acids is 2. The molecular weight excluding hydrogens is 182 g/mol. The number of amides is 2. The van der Waals surface area contributed by atoms with E-state index >= 15 is 0 Å². The summed E-state index contributed by atoms with van der Waals surface area (Å²) in [5, 5.41) is 5.48. The number of rotatable bonds is 4. The topological polar surface area (TPSA) is 84.2 Å². The highest BCUT2D eigenvalue weighted by atomic mass is 16.2. The van der Waals surface area contributed by atoms with Crippen molar-refractivity contribution in [3.8, 4) is 0 Å². The van der Waals surface area contributed by atoms with Crippen LogP contribution in [-0.4, -0.2) is 30.9 Å². The lowest BCUT2D eigenvalue weighted by Gasteiger charge is -2.14. The van der Waals surface area contributed by atoms with E-state index in [4.69, 9.17) is 5.73 Å². The predicted octanol–water partition coefficient (Wildman–Crippen LogP) is -1.02. The van der Waals surface area contributed by atoms with Crippen molar-refractivity contribution >= 4 is 11.8 Å². The lowest BCUT2D eigenvalue weighted by molar-refractivity contribution is -0.125. The maximum Gasteiger partial charge on any atom is 0.223 e. The first kappa shape index (κ1) is 11.0. The summed E-state index contributed by atoms with van der Waals surface area (Å²) in [7, 11) is 0. The average Bonchev–Trinajstić information content (AvgIpc) is 2.51. The summed E-state index contributed by atoms with van der Waals surface area (Å²) in [5.74, 6) is -0.0885. The maximum absolute atomic E-state index is 11.5. The van der Waals surface area contributed by atoms with Gasteiger partial charge < -0.3 is 16.4 Å². The van der Waals surface area contributed by atoms with Gasteiger partial charge in [0.1, 0.15) is 0 Å². The van der Waals surface area contributed by atoms with Crippen molar-refractivity contribution < 1.29 is 9.59 Å². The Morgan fingerprint density at radius 1 is 1.79 bits per heavy atom. The van der Waals surface area contributed by atoms with E-state index in [2.05, 4.69) is 10.6 Å². The molecule has 2 unspecified atom stereocenters. The molecule has 1 heterocycles. The van der Waals surface area contributed by atoms with Gasteiger partial charge in [0, 0.05) is 18.9 Å². The molecule has 0 bridgehead atoms. The number of nitrogens with two attached hydrogens (primary N) is 1. The lowest BCUT2D eigenvalue weighted by atomic mass is 10.1. The van der Waals surface area contributed by atoms with Crippen LogP contribution in [-0.2, 0) is 9.59 Å². The van der Waals surface area contributed by atoms with Crippen molar-refractivity contribution in [2.45, 2.75) is 25.8 Å². The third-order valence-corrected chi connectivity index (χ3v) is 2.37. The van der Waals surface area contributed by atoms with Crippen LogP contribution < -0.4 is 16.4 Å². The average molecular weight is 199 g/mol. The fourth-order valence-corrected chi connectivity index (χ4v) is 1.43. The summed E-state index contributed by atoms with van der Waals surface area (Å²) in [6, 6.07) is -0.0461. The van der Waals surface area contributed by atoms with Gasteiger partial charge in [0.2, 0.25) is 11.8 Å². The van der Waals surface area contributed by atoms with Crippen LogP contribution in [0.3, 0.4) is 0 Å². The van der Waals surface area contributed by atoms with Gasteiger partial charge >= 0.3 is 0 Å². The van der Waals surface area contributed by atoms with Gasteiger partial charge in [0.25, 0.3) is 0 Å². The van der Waals surface area contributed by atoms with Crippen molar-refractivity contribution in [2.75, 3.05) is 13.1 Å². The van der Waals surface area contributed by atoms with E-state index in [0.717, 1.165) is 0 Å².